The van der Waals surface area contributed by atoms with Crippen molar-refractivity contribution in [3.05, 3.63) is 0 Å². The Balaban J connectivity index is 2.47. The Morgan fingerprint density at radius 2 is 1.87 bits per heavy atom. The van der Waals surface area contributed by atoms with Crippen LogP contribution in [0.2, 0.25) is 0 Å². The molecule has 0 aromatic heterocycles. The second kappa shape index (κ2) is 5.09. The molecule has 0 aliphatic carbocycles. The molecule has 0 spiro atoms. The smallest absolute Gasteiger partial charge is 0.303 e. The van der Waals surface area contributed by atoms with E-state index in [4.69, 9.17) is 14.2 Å². The average Bonchev–Trinajstić information content (AvgIpc) is 2.09. The highest BCUT2D eigenvalue weighted by atomic mass is 16.7. The quantitative estimate of drug-likeness (QED) is 0.634. The number of hydrogen-bond acceptors (Lipinski definition) is 6. The van der Waals surface area contributed by atoms with Crippen LogP contribution in [0.5, 0.6) is 0 Å². The lowest BCUT2D eigenvalue weighted by Gasteiger charge is -2.31. The van der Waals surface area contributed by atoms with Gasteiger partial charge >= 0.3 is 11.9 Å². The third kappa shape index (κ3) is 3.85. The van der Waals surface area contributed by atoms with Crippen molar-refractivity contribution in [1.29, 1.82) is 0 Å². The van der Waals surface area contributed by atoms with E-state index < -0.39 is 30.4 Å². The first-order valence-corrected chi connectivity index (χ1v) is 4.63. The highest BCUT2D eigenvalue weighted by molar-refractivity contribution is 5.66. The van der Waals surface area contributed by atoms with Crippen LogP contribution in [0.4, 0.5) is 0 Å². The molecule has 0 aromatic carbocycles. The Hall–Kier alpha value is -1.14. The molecule has 1 aliphatic rings. The van der Waals surface area contributed by atoms with E-state index in [0.717, 1.165) is 0 Å². The van der Waals surface area contributed by atoms with Gasteiger partial charge in [0.15, 0.2) is 12.4 Å². The third-order valence-electron chi connectivity index (χ3n) is 1.92. The van der Waals surface area contributed by atoms with Gasteiger partial charge < -0.3 is 19.3 Å². The molecule has 1 N–H and O–H groups in total. The fourth-order valence-corrected chi connectivity index (χ4v) is 1.39. The molecule has 15 heavy (non-hydrogen) atoms. The molecule has 6 heteroatoms. The van der Waals surface area contributed by atoms with Crippen molar-refractivity contribution in [1.82, 2.24) is 0 Å². The predicted octanol–water partition coefficient (Wildman–Crippen LogP) is -0.412. The number of hydrogen-bond donors (Lipinski definition) is 1. The molecule has 0 unspecified atom stereocenters. The summed E-state index contributed by atoms with van der Waals surface area (Å²) in [5.74, 6) is -0.937. The zero-order valence-electron chi connectivity index (χ0n) is 8.63. The number of esters is 2. The van der Waals surface area contributed by atoms with Crippen molar-refractivity contribution in [3.63, 3.8) is 0 Å². The van der Waals surface area contributed by atoms with E-state index in [-0.39, 0.29) is 13.0 Å². The SMILES string of the molecule is CC(=O)O[C@@H]1CO[C@@H](O)[C@H](OC(C)=O)C1. The van der Waals surface area contributed by atoms with Crippen molar-refractivity contribution >= 4 is 11.9 Å². The lowest BCUT2D eigenvalue weighted by Crippen LogP contribution is -2.44. The molecule has 1 saturated heterocycles. The fourth-order valence-electron chi connectivity index (χ4n) is 1.39. The normalized spacial score (nSPS) is 30.7. The molecule has 0 radical (unpaired) electrons. The summed E-state index contributed by atoms with van der Waals surface area (Å²) in [6, 6.07) is 0. The molecular formula is C9H14O6. The van der Waals surface area contributed by atoms with E-state index in [2.05, 4.69) is 0 Å². The summed E-state index contributed by atoms with van der Waals surface area (Å²) >= 11 is 0. The summed E-state index contributed by atoms with van der Waals surface area (Å²) < 4.78 is 14.6. The predicted molar refractivity (Wildman–Crippen MR) is 47.7 cm³/mol. The molecule has 0 saturated carbocycles. The summed E-state index contributed by atoms with van der Waals surface area (Å²) in [6.07, 6.45) is -2.16. The second-order valence-corrected chi connectivity index (χ2v) is 3.34. The van der Waals surface area contributed by atoms with Crippen molar-refractivity contribution in [3.8, 4) is 0 Å². The molecule has 0 aromatic rings. The van der Waals surface area contributed by atoms with Crippen LogP contribution in [0, 0.1) is 0 Å². The zero-order chi connectivity index (χ0) is 11.4. The van der Waals surface area contributed by atoms with Gasteiger partial charge in [0, 0.05) is 20.3 Å². The van der Waals surface area contributed by atoms with Gasteiger partial charge in [-0.3, -0.25) is 9.59 Å². The minimum atomic E-state index is -1.15. The highest BCUT2D eigenvalue weighted by Gasteiger charge is 2.33. The van der Waals surface area contributed by atoms with Crippen LogP contribution in [-0.2, 0) is 23.8 Å². The Morgan fingerprint density at radius 3 is 2.40 bits per heavy atom. The van der Waals surface area contributed by atoms with E-state index in [0.29, 0.717) is 0 Å². The molecular weight excluding hydrogens is 204 g/mol. The molecule has 86 valence electrons. The zero-order valence-corrected chi connectivity index (χ0v) is 8.63. The largest absolute Gasteiger partial charge is 0.460 e. The van der Waals surface area contributed by atoms with Gasteiger partial charge in [0.05, 0.1) is 6.61 Å². The summed E-state index contributed by atoms with van der Waals surface area (Å²) in [4.78, 5) is 21.4. The molecule has 6 nitrogen and oxygen atoms in total. The lowest BCUT2D eigenvalue weighted by molar-refractivity contribution is -0.229. The molecule has 1 rings (SSSR count). The van der Waals surface area contributed by atoms with Crippen LogP contribution in [-0.4, -0.2) is 42.1 Å². The summed E-state index contributed by atoms with van der Waals surface area (Å²) in [5.41, 5.74) is 0. The van der Waals surface area contributed by atoms with E-state index in [1.807, 2.05) is 0 Å². The van der Waals surface area contributed by atoms with E-state index in [1.54, 1.807) is 0 Å². The van der Waals surface area contributed by atoms with Crippen LogP contribution in [0.3, 0.4) is 0 Å². The van der Waals surface area contributed by atoms with Crippen molar-refractivity contribution in [2.45, 2.75) is 38.8 Å². The topological polar surface area (TPSA) is 82.1 Å². The Bertz CT molecular complexity index is 251. The minimum Gasteiger partial charge on any atom is -0.460 e. The molecule has 3 atom stereocenters. The number of carbonyl (C=O) groups excluding carboxylic acids is 2. The van der Waals surface area contributed by atoms with Gasteiger partial charge in [-0.05, 0) is 0 Å². The first-order valence-electron chi connectivity index (χ1n) is 4.63. The number of aliphatic hydroxyl groups excluding tert-OH is 1. The van der Waals surface area contributed by atoms with Gasteiger partial charge in [0.1, 0.15) is 6.10 Å². The highest BCUT2D eigenvalue weighted by Crippen LogP contribution is 2.18. The van der Waals surface area contributed by atoms with Crippen molar-refractivity contribution in [2.24, 2.45) is 0 Å². The molecule has 0 bridgehead atoms. The van der Waals surface area contributed by atoms with Crippen LogP contribution in [0.15, 0.2) is 0 Å². The van der Waals surface area contributed by atoms with Crippen LogP contribution in [0.1, 0.15) is 20.3 Å². The second-order valence-electron chi connectivity index (χ2n) is 3.34. The molecule has 0 amide bonds. The number of aliphatic hydroxyl groups is 1. The summed E-state index contributed by atoms with van der Waals surface area (Å²) in [7, 11) is 0. The van der Waals surface area contributed by atoms with Gasteiger partial charge in [0.25, 0.3) is 0 Å². The molecule has 1 heterocycles. The minimum absolute atomic E-state index is 0.110. The Kier molecular flexibility index (Phi) is 4.05. The maximum atomic E-state index is 10.7. The Morgan fingerprint density at radius 1 is 1.27 bits per heavy atom. The van der Waals surface area contributed by atoms with Gasteiger partial charge in [-0.15, -0.1) is 0 Å². The molecule has 1 fully saturated rings. The maximum Gasteiger partial charge on any atom is 0.303 e. The van der Waals surface area contributed by atoms with Crippen LogP contribution < -0.4 is 0 Å². The fraction of sp³-hybridized carbons (Fsp3) is 0.778. The number of rotatable bonds is 2. The number of ether oxygens (including phenoxy) is 3. The first-order chi connectivity index (χ1) is 6.99. The third-order valence-corrected chi connectivity index (χ3v) is 1.92. The van der Waals surface area contributed by atoms with Gasteiger partial charge in [-0.2, -0.15) is 0 Å². The van der Waals surface area contributed by atoms with Gasteiger partial charge in [-0.1, -0.05) is 0 Å². The standard InChI is InChI=1S/C9H14O6/c1-5(10)14-7-3-8(15-6(2)11)9(12)13-4-7/h7-9,12H,3-4H2,1-2H3/t7-,8+,9+/m0/s1. The monoisotopic (exact) mass is 218 g/mol. The van der Waals surface area contributed by atoms with Crippen LogP contribution >= 0.6 is 0 Å². The average molecular weight is 218 g/mol. The maximum absolute atomic E-state index is 10.7. The number of carbonyl (C=O) groups is 2. The summed E-state index contributed by atoms with van der Waals surface area (Å²) in [6.45, 7) is 2.63. The van der Waals surface area contributed by atoms with Crippen LogP contribution in [0.25, 0.3) is 0 Å². The van der Waals surface area contributed by atoms with E-state index in [1.165, 1.54) is 13.8 Å². The van der Waals surface area contributed by atoms with Crippen molar-refractivity contribution < 1.29 is 28.9 Å². The first kappa shape index (κ1) is 11.9. The molecule has 1 aliphatic heterocycles. The van der Waals surface area contributed by atoms with Gasteiger partial charge in [0.2, 0.25) is 0 Å². The van der Waals surface area contributed by atoms with E-state index >= 15 is 0 Å². The summed E-state index contributed by atoms with van der Waals surface area (Å²) in [5, 5.41) is 9.33. The van der Waals surface area contributed by atoms with Gasteiger partial charge in [-0.25, -0.2) is 0 Å². The lowest BCUT2D eigenvalue weighted by atomic mass is 10.1. The van der Waals surface area contributed by atoms with Crippen molar-refractivity contribution in [2.75, 3.05) is 6.61 Å². The van der Waals surface area contributed by atoms with E-state index in [9.17, 15) is 14.7 Å². The Labute approximate surface area is 87.1 Å².